The van der Waals surface area contributed by atoms with Crippen molar-refractivity contribution < 1.29 is 127 Å². The first-order chi connectivity index (χ1) is 61.5. The number of aromatic nitrogens is 4. The summed E-state index contributed by atoms with van der Waals surface area (Å²) < 4.78 is 87.3. The fourth-order valence-electron chi connectivity index (χ4n) is 15.5. The molecule has 6 aliphatic carbocycles. The molecular weight excluding hydrogens is 1770 g/mol. The number of aliphatic hydroxyl groups is 3. The number of nitrogens with two attached hydrogens (primary N) is 2. The third kappa shape index (κ3) is 40.7. The van der Waals surface area contributed by atoms with Gasteiger partial charge in [0.25, 0.3) is 0 Å². The average Bonchev–Trinajstić information content (AvgIpc) is 1.31. The van der Waals surface area contributed by atoms with Gasteiger partial charge < -0.3 is 80.3 Å². The van der Waals surface area contributed by atoms with E-state index in [-0.39, 0.29) is 138 Å². The van der Waals surface area contributed by atoms with Crippen LogP contribution in [-0.4, -0.2) is 193 Å². The van der Waals surface area contributed by atoms with Gasteiger partial charge in [-0.3, -0.25) is 19.2 Å². The van der Waals surface area contributed by atoms with Gasteiger partial charge in [0.15, 0.2) is 28.9 Å². The number of benzene rings is 5. The number of hydrogen-bond donors (Lipinski definition) is 5. The number of nitrogens with zero attached hydrogens (tertiary/aromatic N) is 4. The fraction of sp³-hybridized carbons (Fsp3) is 0.525. The van der Waals surface area contributed by atoms with Crippen LogP contribution in [0.5, 0.6) is 0 Å². The van der Waals surface area contributed by atoms with E-state index >= 15 is 0 Å². The van der Waals surface area contributed by atoms with Crippen molar-refractivity contribution in [1.82, 2.24) is 19.9 Å². The Balaban J connectivity index is 0.000000791. The third-order valence-electron chi connectivity index (χ3n) is 22.9. The number of anilines is 2. The molecule has 31 heteroatoms. The number of ether oxygens (including phenoxy) is 11. The molecule has 15 rings (SSSR count). The summed E-state index contributed by atoms with van der Waals surface area (Å²) in [5.41, 5.74) is 20.0. The molecule has 2 atom stereocenters. The predicted octanol–water partition coefficient (Wildman–Crippen LogP) is 15.1. The van der Waals surface area contributed by atoms with Gasteiger partial charge in [0.1, 0.15) is 50.8 Å². The van der Waals surface area contributed by atoms with Crippen LogP contribution in [0.25, 0.3) is 28.1 Å². The number of rotatable bonds is 23. The molecule has 4 saturated carbocycles. The summed E-state index contributed by atoms with van der Waals surface area (Å²) in [6.07, 6.45) is 27.3. The van der Waals surface area contributed by atoms with E-state index in [0.717, 1.165) is 147 Å². The molecule has 6 fully saturated rings. The summed E-state index contributed by atoms with van der Waals surface area (Å²) in [4.78, 5) is 84.5. The van der Waals surface area contributed by atoms with Gasteiger partial charge >= 0.3 is 42.7 Å². The Morgan fingerprint density at radius 3 is 1.27 bits per heavy atom. The summed E-state index contributed by atoms with van der Waals surface area (Å²) in [5, 5.41) is 24.2. The molecule has 132 heavy (non-hydrogen) atoms. The second-order valence-electron chi connectivity index (χ2n) is 32.2. The van der Waals surface area contributed by atoms with Gasteiger partial charge in [0.05, 0.1) is 141 Å². The van der Waals surface area contributed by atoms with Crippen molar-refractivity contribution in [3.8, 4) is 22.5 Å². The Bertz CT molecular complexity index is 4570. The summed E-state index contributed by atoms with van der Waals surface area (Å²) >= 11 is 3.16. The molecule has 2 aliphatic heterocycles. The van der Waals surface area contributed by atoms with Crippen LogP contribution >= 0.6 is 15.9 Å². The number of carbonyl (C=O) groups is 6. The first-order valence-corrected chi connectivity index (χ1v) is 44.9. The molecule has 0 radical (unpaired) electrons. The van der Waals surface area contributed by atoms with E-state index in [1.54, 1.807) is 24.8 Å². The van der Waals surface area contributed by atoms with E-state index in [4.69, 9.17) is 69.4 Å². The molecule has 2 aromatic heterocycles. The average molecular weight is 1920 g/mol. The van der Waals surface area contributed by atoms with Crippen LogP contribution in [0.2, 0.25) is 0 Å². The van der Waals surface area contributed by atoms with Crippen molar-refractivity contribution in [2.45, 2.75) is 216 Å². The van der Waals surface area contributed by atoms with E-state index < -0.39 is 23.6 Å². The normalized spacial score (nSPS) is 18.0. The minimum Gasteiger partial charge on any atom is -1.00 e. The van der Waals surface area contributed by atoms with Gasteiger partial charge in [-0.2, -0.15) is 0 Å². The number of Topliss-reactive ketones (excluding diaryl/α,β-unsaturated/α-hetero) is 2. The standard InChI is InChI=1S/C26H26FN3O3.C15H20O.C14H18O2.C12H9BrFN3O2.C11H18O4.C9H16O3.C9H14O3.C2H6O2.3CH4.Al.Li.H2.4H/c1-32-26(31)21-12-11-20(13-22(21)27)24-25(28)29-14-23(30-24)19-9-7-18(8-10-19)16-33-15-17-5-3-2-4-6-17;1-13-7-9-15(10-8-13)12-16-11-14-5-3-2-4-6-14;15-14-8-6-13(7-9-14)11-16-10-12-4-2-1-3-5-12;1-19-12(18)7-3-2-6(4-8(7)14)10-11(15)16-5-9(13)17-10;1-2-13-10(12)9-3-5-11(6-4-9)14-7-8-15-11;10-7-8-1-3-9(4-2-8)11-5-6-12-9;1-2-12-9(11)7-3-5-8(10)6-4-7;3-1-2-4;;;;;;;;;;/h2-6,9,11-14,18H,7-8,10,15-16H2,1H3,(H2,28,29);2-7,15H,8-12H2,1H3;1-5,13H,6-11H2;2-5H,1H3,(H2,15,16);9H,2-8H2,1H3;8,10H,1-7H2;7H,2-6H2,1H3;3-4H,1-2H2;3*1H4;;;1H;;;;/q;;;;;;;;;;;;+1;;;;;-1. The third-order valence-corrected chi connectivity index (χ3v) is 23.3. The van der Waals surface area contributed by atoms with Crippen LogP contribution in [-0.2, 0) is 91.1 Å². The summed E-state index contributed by atoms with van der Waals surface area (Å²) in [6.45, 7) is 14.1. The zero-order valence-electron chi connectivity index (χ0n) is 75.9. The molecule has 0 bridgehead atoms. The fourth-order valence-corrected chi connectivity index (χ4v) is 15.7. The quantitative estimate of drug-likeness (QED) is 0.0172. The topological polar surface area (TPSA) is 368 Å². The zero-order chi connectivity index (χ0) is 91.2. The van der Waals surface area contributed by atoms with Crippen molar-refractivity contribution in [2.75, 3.05) is 105 Å². The van der Waals surface area contributed by atoms with Crippen molar-refractivity contribution in [1.29, 1.82) is 0 Å². The molecule has 2 spiro atoms. The second-order valence-corrected chi connectivity index (χ2v) is 33.0. The van der Waals surface area contributed by atoms with Gasteiger partial charge in [-0.05, 0) is 197 Å². The number of nitrogen functional groups attached to an aromatic ring is 2. The summed E-state index contributed by atoms with van der Waals surface area (Å²) in [7, 11) is 2.40. The van der Waals surface area contributed by atoms with Gasteiger partial charge in [-0.25, -0.2) is 38.3 Å². The Morgan fingerprint density at radius 2 is 0.886 bits per heavy atom. The number of aliphatic hydroxyl groups excluding tert-OH is 3. The molecule has 0 amide bonds. The second kappa shape index (κ2) is 64.6. The first-order valence-electron chi connectivity index (χ1n) is 44.1. The van der Waals surface area contributed by atoms with E-state index in [2.05, 4.69) is 113 Å². The number of halogens is 3. The molecular formula is C101H145AlBrF2LiN6O20. The van der Waals surface area contributed by atoms with Gasteiger partial charge in [0.2, 0.25) is 0 Å². The maximum absolute atomic E-state index is 14.4. The number of methoxy groups -OCH3 is 2. The molecule has 724 valence electrons. The Morgan fingerprint density at radius 1 is 0.508 bits per heavy atom. The number of hydrogen-bond acceptors (Lipinski definition) is 26. The molecule has 8 aliphatic rings. The molecule has 5 aromatic carbocycles. The predicted molar refractivity (Wildman–Crippen MR) is 514 cm³/mol. The van der Waals surface area contributed by atoms with Crippen LogP contribution < -0.4 is 30.3 Å². The van der Waals surface area contributed by atoms with Crippen molar-refractivity contribution >= 4 is 85.9 Å². The van der Waals surface area contributed by atoms with Gasteiger partial charge in [-0.15, -0.1) is 0 Å². The Labute approximate surface area is 813 Å². The molecule has 2 unspecified atom stereocenters. The van der Waals surface area contributed by atoms with E-state index in [1.807, 2.05) is 49.4 Å². The minimum absolute atomic E-state index is 0. The molecule has 26 nitrogen and oxygen atoms in total. The first kappa shape index (κ1) is 118. The zero-order valence-corrected chi connectivity index (χ0v) is 76.5. The SMILES string of the molecule is C.C.C.CC1=CCC(COCc2ccccc2)CC1.CCOC(=O)C1CCC(=O)CC1.CCOC(=O)C1CCC2(CC1)OCCO2.COC(=O)c1ccc(-c2nc(Br)cnc2N)cc1F.COC(=O)c1ccc(-c2nc(C3=CCC(COCc4ccccc4)CC3)cnc2N)cc1F.O=C1CCC(COCc2ccccc2)CC1.OCC1CCC2(CC1)OCCO2.OCCO.[AlH3].[H-].[HH].[Li+]. The van der Waals surface area contributed by atoms with E-state index in [1.165, 1.54) is 86.7 Å². The molecule has 7 aromatic rings. The van der Waals surface area contributed by atoms with Crippen molar-refractivity contribution in [2.24, 2.45) is 35.5 Å². The van der Waals surface area contributed by atoms with Crippen LogP contribution in [0, 0.1) is 47.1 Å². The van der Waals surface area contributed by atoms with E-state index in [0.29, 0.717) is 129 Å². The summed E-state index contributed by atoms with van der Waals surface area (Å²) in [5.74, 6) is -0.368. The monoisotopic (exact) mass is 1910 g/mol. The van der Waals surface area contributed by atoms with E-state index in [9.17, 15) is 37.5 Å². The van der Waals surface area contributed by atoms with Crippen molar-refractivity contribution in [3.63, 3.8) is 0 Å². The number of carbonyl (C=O) groups excluding carboxylic acids is 6. The molecule has 7 N–H and O–H groups in total. The largest absolute Gasteiger partial charge is 1.00 e. The van der Waals surface area contributed by atoms with Crippen LogP contribution in [0.1, 0.15) is 230 Å². The molecule has 4 heterocycles. The van der Waals surface area contributed by atoms with Crippen LogP contribution in [0.3, 0.4) is 0 Å². The van der Waals surface area contributed by atoms with Gasteiger partial charge in [-0.1, -0.05) is 143 Å². The number of ketones is 2. The van der Waals surface area contributed by atoms with Gasteiger partial charge in [0, 0.05) is 77.1 Å². The van der Waals surface area contributed by atoms with Crippen molar-refractivity contribution in [3.05, 3.63) is 207 Å². The summed E-state index contributed by atoms with van der Waals surface area (Å²) in [6, 6.07) is 38.9. The molecule has 2 saturated heterocycles. The Kier molecular flexibility index (Phi) is 57.6. The van der Waals surface area contributed by atoms with Crippen LogP contribution in [0.15, 0.2) is 162 Å². The van der Waals surface area contributed by atoms with Crippen LogP contribution in [0.4, 0.5) is 20.4 Å². The number of esters is 4. The maximum atomic E-state index is 14.4. The maximum Gasteiger partial charge on any atom is 1.00 e. The smallest absolute Gasteiger partial charge is 1.00 e. The minimum atomic E-state index is -0.739. The number of allylic oxidation sites excluding steroid dienone is 4. The Hall–Kier alpha value is -8.37.